The van der Waals surface area contributed by atoms with Crippen LogP contribution in [0.3, 0.4) is 0 Å². The summed E-state index contributed by atoms with van der Waals surface area (Å²) in [6, 6.07) is 3.54. The summed E-state index contributed by atoms with van der Waals surface area (Å²) < 4.78 is 6.97. The van der Waals surface area contributed by atoms with Crippen molar-refractivity contribution < 1.29 is 9.66 Å². The van der Waals surface area contributed by atoms with Crippen LogP contribution in [0.1, 0.15) is 25.1 Å². The first-order chi connectivity index (χ1) is 8.41. The van der Waals surface area contributed by atoms with Crippen molar-refractivity contribution in [2.24, 2.45) is 0 Å². The molecular weight excluding hydrogens is 234 g/mol. The first kappa shape index (κ1) is 12.3. The Morgan fingerprint density at radius 1 is 1.39 bits per heavy atom. The van der Waals surface area contributed by atoms with Crippen LogP contribution in [0, 0.1) is 24.0 Å². The Bertz CT molecular complexity index is 617. The Kier molecular flexibility index (Phi) is 2.94. The van der Waals surface area contributed by atoms with E-state index in [0.29, 0.717) is 5.52 Å². The summed E-state index contributed by atoms with van der Waals surface area (Å²) in [4.78, 5) is 10.7. The smallest absolute Gasteiger partial charge is 0.357 e. The molecule has 0 saturated carbocycles. The molecule has 96 valence electrons. The van der Waals surface area contributed by atoms with E-state index in [1.807, 2.05) is 33.8 Å². The monoisotopic (exact) mass is 249 g/mol. The zero-order chi connectivity index (χ0) is 13.4. The van der Waals surface area contributed by atoms with Crippen LogP contribution in [-0.2, 0) is 0 Å². The molecule has 6 heteroatoms. The average molecular weight is 249 g/mol. The van der Waals surface area contributed by atoms with Crippen molar-refractivity contribution in [3.63, 3.8) is 0 Å². The van der Waals surface area contributed by atoms with E-state index in [9.17, 15) is 10.1 Å². The predicted molar refractivity (Wildman–Crippen MR) is 67.1 cm³/mol. The highest BCUT2D eigenvalue weighted by atomic mass is 16.6. The van der Waals surface area contributed by atoms with Crippen LogP contribution < -0.4 is 4.74 Å². The molecule has 6 nitrogen and oxygen atoms in total. The van der Waals surface area contributed by atoms with Gasteiger partial charge >= 0.3 is 11.6 Å². The second kappa shape index (κ2) is 4.29. The minimum Gasteiger partial charge on any atom is -0.469 e. The molecule has 2 rings (SSSR count). The molecule has 0 aliphatic carbocycles. The maximum atomic E-state index is 11.1. The number of rotatable bonds is 3. The van der Waals surface area contributed by atoms with Gasteiger partial charge in [-0.3, -0.25) is 10.1 Å². The SMILES string of the molecule is Cc1ccc2c([N+](=O)[O-])c(OC(C)C)nn2c1C. The number of fused-ring (bicyclic) bond motifs is 1. The van der Waals surface area contributed by atoms with Gasteiger partial charge in [-0.1, -0.05) is 6.07 Å². The van der Waals surface area contributed by atoms with Crippen molar-refractivity contribution >= 4 is 11.2 Å². The highest BCUT2D eigenvalue weighted by Gasteiger charge is 2.26. The summed E-state index contributed by atoms with van der Waals surface area (Å²) in [6.07, 6.45) is -0.157. The predicted octanol–water partition coefficient (Wildman–Crippen LogP) is 2.65. The number of aromatic nitrogens is 2. The van der Waals surface area contributed by atoms with E-state index < -0.39 is 4.92 Å². The summed E-state index contributed by atoms with van der Waals surface area (Å²) >= 11 is 0. The zero-order valence-electron chi connectivity index (χ0n) is 10.8. The van der Waals surface area contributed by atoms with Gasteiger partial charge in [-0.25, -0.2) is 4.52 Å². The van der Waals surface area contributed by atoms with Crippen molar-refractivity contribution in [2.75, 3.05) is 0 Å². The quantitative estimate of drug-likeness (QED) is 0.619. The molecule has 0 amide bonds. The lowest BCUT2D eigenvalue weighted by Crippen LogP contribution is -2.07. The molecule has 2 aromatic rings. The molecule has 0 fully saturated rings. The van der Waals surface area contributed by atoms with Crippen molar-refractivity contribution in [1.82, 2.24) is 9.61 Å². The van der Waals surface area contributed by atoms with Crippen LogP contribution in [0.5, 0.6) is 5.88 Å². The van der Waals surface area contributed by atoms with Crippen molar-refractivity contribution in [3.05, 3.63) is 33.5 Å². The van der Waals surface area contributed by atoms with Gasteiger partial charge in [0.2, 0.25) is 0 Å². The van der Waals surface area contributed by atoms with Gasteiger partial charge in [0.05, 0.1) is 11.0 Å². The van der Waals surface area contributed by atoms with Gasteiger partial charge in [0, 0.05) is 5.69 Å². The van der Waals surface area contributed by atoms with E-state index in [1.54, 1.807) is 10.6 Å². The second-order valence-corrected chi connectivity index (χ2v) is 4.48. The number of nitro groups is 1. The Balaban J connectivity index is 2.74. The van der Waals surface area contributed by atoms with Crippen LogP contribution in [0.2, 0.25) is 0 Å². The van der Waals surface area contributed by atoms with Gasteiger partial charge in [0.25, 0.3) is 0 Å². The number of nitrogens with zero attached hydrogens (tertiary/aromatic N) is 3. The first-order valence-electron chi connectivity index (χ1n) is 5.71. The van der Waals surface area contributed by atoms with Crippen molar-refractivity contribution in [3.8, 4) is 5.88 Å². The van der Waals surface area contributed by atoms with E-state index in [4.69, 9.17) is 4.74 Å². The molecule has 0 aliphatic rings. The van der Waals surface area contributed by atoms with E-state index in [2.05, 4.69) is 5.10 Å². The normalized spacial score (nSPS) is 11.2. The molecule has 0 radical (unpaired) electrons. The van der Waals surface area contributed by atoms with E-state index in [0.717, 1.165) is 11.3 Å². The highest BCUT2D eigenvalue weighted by Crippen LogP contribution is 2.32. The molecule has 0 spiro atoms. The molecule has 18 heavy (non-hydrogen) atoms. The van der Waals surface area contributed by atoms with E-state index >= 15 is 0 Å². The zero-order valence-corrected chi connectivity index (χ0v) is 10.8. The third-order valence-electron chi connectivity index (χ3n) is 2.77. The van der Waals surface area contributed by atoms with Crippen LogP contribution >= 0.6 is 0 Å². The van der Waals surface area contributed by atoms with Gasteiger partial charge in [-0.2, -0.15) is 0 Å². The lowest BCUT2D eigenvalue weighted by molar-refractivity contribution is -0.384. The lowest BCUT2D eigenvalue weighted by Gasteiger charge is -2.04. The fourth-order valence-corrected chi connectivity index (χ4v) is 1.77. The molecular formula is C12H15N3O3. The summed E-state index contributed by atoms with van der Waals surface area (Å²) in [5, 5.41) is 15.3. The molecule has 2 aromatic heterocycles. The van der Waals surface area contributed by atoms with Crippen molar-refractivity contribution in [2.45, 2.75) is 33.8 Å². The largest absolute Gasteiger partial charge is 0.469 e. The van der Waals surface area contributed by atoms with Gasteiger partial charge in [0.15, 0.2) is 0 Å². The molecule has 0 aromatic carbocycles. The standard InChI is InChI=1S/C12H15N3O3/c1-7(2)18-12-11(15(16)17)10-6-5-8(3)9(4)14(10)13-12/h5-7H,1-4H3. The molecule has 2 heterocycles. The third kappa shape index (κ3) is 1.90. The Labute approximate surface area is 104 Å². The summed E-state index contributed by atoms with van der Waals surface area (Å²) in [5.41, 5.74) is 2.27. The second-order valence-electron chi connectivity index (χ2n) is 4.48. The maximum absolute atomic E-state index is 11.1. The fraction of sp³-hybridized carbons (Fsp3) is 0.417. The summed E-state index contributed by atoms with van der Waals surface area (Å²) in [7, 11) is 0. The van der Waals surface area contributed by atoms with Crippen LogP contribution in [0.4, 0.5) is 5.69 Å². The first-order valence-corrected chi connectivity index (χ1v) is 5.71. The van der Waals surface area contributed by atoms with Gasteiger partial charge in [-0.15, -0.1) is 5.10 Å². The van der Waals surface area contributed by atoms with E-state index in [1.165, 1.54) is 0 Å². The maximum Gasteiger partial charge on any atom is 0.357 e. The Hall–Kier alpha value is -2.11. The number of hydrogen-bond donors (Lipinski definition) is 0. The van der Waals surface area contributed by atoms with Gasteiger partial charge in [0.1, 0.15) is 5.52 Å². The minimum atomic E-state index is -0.450. The molecule has 0 unspecified atom stereocenters. The summed E-state index contributed by atoms with van der Waals surface area (Å²) in [6.45, 7) is 7.43. The third-order valence-corrected chi connectivity index (χ3v) is 2.77. The highest BCUT2D eigenvalue weighted by molar-refractivity contribution is 5.70. The van der Waals surface area contributed by atoms with Crippen LogP contribution in [0.25, 0.3) is 5.52 Å². The molecule has 0 aliphatic heterocycles. The molecule has 0 N–H and O–H groups in total. The molecule has 0 bridgehead atoms. The number of aryl methyl sites for hydroxylation is 2. The lowest BCUT2D eigenvalue weighted by atomic mass is 10.2. The average Bonchev–Trinajstić information content (AvgIpc) is 2.61. The van der Waals surface area contributed by atoms with Crippen LogP contribution in [-0.4, -0.2) is 20.6 Å². The van der Waals surface area contributed by atoms with E-state index in [-0.39, 0.29) is 17.7 Å². The number of pyridine rings is 1. The number of hydrogen-bond acceptors (Lipinski definition) is 4. The van der Waals surface area contributed by atoms with Gasteiger partial charge in [-0.05, 0) is 39.3 Å². The Morgan fingerprint density at radius 3 is 2.61 bits per heavy atom. The van der Waals surface area contributed by atoms with Gasteiger partial charge < -0.3 is 4.74 Å². The number of ether oxygens (including phenoxy) is 1. The van der Waals surface area contributed by atoms with Crippen molar-refractivity contribution in [1.29, 1.82) is 0 Å². The van der Waals surface area contributed by atoms with Crippen LogP contribution in [0.15, 0.2) is 12.1 Å². The molecule has 0 atom stereocenters. The Morgan fingerprint density at radius 2 is 2.06 bits per heavy atom. The summed E-state index contributed by atoms with van der Waals surface area (Å²) in [5.74, 6) is 0.0729. The minimum absolute atomic E-state index is 0.0729. The molecule has 0 saturated heterocycles. The fourth-order valence-electron chi connectivity index (χ4n) is 1.77. The topological polar surface area (TPSA) is 69.7 Å².